The van der Waals surface area contributed by atoms with Crippen molar-refractivity contribution in [3.05, 3.63) is 35.9 Å². The van der Waals surface area contributed by atoms with Crippen LogP contribution in [0.15, 0.2) is 30.3 Å². The van der Waals surface area contributed by atoms with Gasteiger partial charge >= 0.3 is 0 Å². The first-order chi connectivity index (χ1) is 5.43. The summed E-state index contributed by atoms with van der Waals surface area (Å²) < 4.78 is 0. The monoisotopic (exact) mass is 150 g/mol. The minimum absolute atomic E-state index is 0.529. The molecule has 0 aliphatic carbocycles. The highest BCUT2D eigenvalue weighted by Crippen LogP contribution is 1.96. The van der Waals surface area contributed by atoms with E-state index in [0.29, 0.717) is 6.42 Å². The van der Waals surface area contributed by atoms with Gasteiger partial charge in [0, 0.05) is 6.42 Å². The fourth-order valence-corrected chi connectivity index (χ4v) is 0.710. The Morgan fingerprint density at radius 3 is 2.18 bits per heavy atom. The third-order valence-corrected chi connectivity index (χ3v) is 1.16. The molecule has 1 aromatic carbocycles. The van der Waals surface area contributed by atoms with Crippen molar-refractivity contribution in [2.45, 2.75) is 20.3 Å². The average Bonchev–Trinajstić information content (AvgIpc) is 2.11. The SMILES string of the molecule is CC.O=CCc1ccccc1. The molecule has 1 rings (SSSR count). The van der Waals surface area contributed by atoms with Gasteiger partial charge in [-0.05, 0) is 5.56 Å². The fraction of sp³-hybridized carbons (Fsp3) is 0.300. The summed E-state index contributed by atoms with van der Waals surface area (Å²) >= 11 is 0. The molecule has 0 atom stereocenters. The minimum Gasteiger partial charge on any atom is -0.303 e. The maximum absolute atomic E-state index is 9.97. The summed E-state index contributed by atoms with van der Waals surface area (Å²) in [4.78, 5) is 9.97. The van der Waals surface area contributed by atoms with Gasteiger partial charge in [-0.3, -0.25) is 0 Å². The lowest BCUT2D eigenvalue weighted by Gasteiger charge is -1.89. The molecule has 0 aliphatic heterocycles. The quantitative estimate of drug-likeness (QED) is 0.592. The van der Waals surface area contributed by atoms with E-state index < -0.39 is 0 Å². The molecule has 0 radical (unpaired) electrons. The lowest BCUT2D eigenvalue weighted by molar-refractivity contribution is -0.107. The first-order valence-electron chi connectivity index (χ1n) is 3.91. The molecule has 0 fully saturated rings. The zero-order valence-corrected chi connectivity index (χ0v) is 7.08. The number of hydrogen-bond acceptors (Lipinski definition) is 1. The molecule has 60 valence electrons. The standard InChI is InChI=1S/C8H8O.C2H6/c9-7-6-8-4-2-1-3-5-8;1-2/h1-5,7H,6H2;1-2H3. The van der Waals surface area contributed by atoms with E-state index in [0.717, 1.165) is 11.8 Å². The first-order valence-corrected chi connectivity index (χ1v) is 3.91. The van der Waals surface area contributed by atoms with Gasteiger partial charge in [-0.15, -0.1) is 0 Å². The Kier molecular flexibility index (Phi) is 6.30. The Hall–Kier alpha value is -1.11. The van der Waals surface area contributed by atoms with Crippen molar-refractivity contribution in [3.8, 4) is 0 Å². The lowest BCUT2D eigenvalue weighted by atomic mass is 10.2. The van der Waals surface area contributed by atoms with Crippen LogP contribution in [0.3, 0.4) is 0 Å². The van der Waals surface area contributed by atoms with Gasteiger partial charge in [-0.2, -0.15) is 0 Å². The summed E-state index contributed by atoms with van der Waals surface area (Å²) in [6.07, 6.45) is 1.44. The Balaban J connectivity index is 0.000000461. The molecule has 0 spiro atoms. The molecule has 1 nitrogen and oxygen atoms in total. The van der Waals surface area contributed by atoms with Gasteiger partial charge in [0.1, 0.15) is 6.29 Å². The van der Waals surface area contributed by atoms with Crippen LogP contribution in [0.25, 0.3) is 0 Å². The van der Waals surface area contributed by atoms with Crippen molar-refractivity contribution in [3.63, 3.8) is 0 Å². The summed E-state index contributed by atoms with van der Waals surface area (Å²) in [5, 5.41) is 0. The van der Waals surface area contributed by atoms with Crippen molar-refractivity contribution >= 4 is 6.29 Å². The molecule has 1 aromatic rings. The Bertz CT molecular complexity index is 179. The minimum atomic E-state index is 0.529. The fourth-order valence-electron chi connectivity index (χ4n) is 0.710. The van der Waals surface area contributed by atoms with Crippen LogP contribution in [0.1, 0.15) is 19.4 Å². The van der Waals surface area contributed by atoms with Crippen molar-refractivity contribution < 1.29 is 4.79 Å². The van der Waals surface area contributed by atoms with Gasteiger partial charge in [-0.1, -0.05) is 44.2 Å². The average molecular weight is 150 g/mol. The number of aldehydes is 1. The molecular formula is C10H14O. The Morgan fingerprint density at radius 1 is 1.18 bits per heavy atom. The van der Waals surface area contributed by atoms with Gasteiger partial charge in [0.25, 0.3) is 0 Å². The van der Waals surface area contributed by atoms with Crippen molar-refractivity contribution in [2.24, 2.45) is 0 Å². The lowest BCUT2D eigenvalue weighted by Crippen LogP contribution is -1.82. The van der Waals surface area contributed by atoms with Gasteiger partial charge in [0.2, 0.25) is 0 Å². The van der Waals surface area contributed by atoms with E-state index in [4.69, 9.17) is 0 Å². The Labute approximate surface area is 68.1 Å². The molecule has 0 heterocycles. The van der Waals surface area contributed by atoms with E-state index in [1.165, 1.54) is 0 Å². The Morgan fingerprint density at radius 2 is 1.73 bits per heavy atom. The molecule has 0 aliphatic rings. The van der Waals surface area contributed by atoms with E-state index in [1.54, 1.807) is 0 Å². The number of hydrogen-bond donors (Lipinski definition) is 0. The van der Waals surface area contributed by atoms with Crippen LogP contribution in [0.2, 0.25) is 0 Å². The van der Waals surface area contributed by atoms with Gasteiger partial charge in [0.05, 0.1) is 0 Å². The molecule has 0 amide bonds. The van der Waals surface area contributed by atoms with Crippen molar-refractivity contribution in [1.29, 1.82) is 0 Å². The highest BCUT2D eigenvalue weighted by molar-refractivity contribution is 5.54. The summed E-state index contributed by atoms with van der Waals surface area (Å²) in [5.74, 6) is 0. The highest BCUT2D eigenvalue weighted by atomic mass is 16.1. The van der Waals surface area contributed by atoms with E-state index in [-0.39, 0.29) is 0 Å². The van der Waals surface area contributed by atoms with Crippen LogP contribution in [0.5, 0.6) is 0 Å². The number of benzene rings is 1. The van der Waals surface area contributed by atoms with Gasteiger partial charge in [0.15, 0.2) is 0 Å². The zero-order valence-electron chi connectivity index (χ0n) is 7.08. The predicted octanol–water partition coefficient (Wildman–Crippen LogP) is 2.45. The summed E-state index contributed by atoms with van der Waals surface area (Å²) in [6.45, 7) is 4.00. The number of carbonyl (C=O) groups excluding carboxylic acids is 1. The van der Waals surface area contributed by atoms with E-state index in [2.05, 4.69) is 0 Å². The van der Waals surface area contributed by atoms with Crippen LogP contribution >= 0.6 is 0 Å². The molecule has 0 saturated carbocycles. The van der Waals surface area contributed by atoms with Crippen molar-refractivity contribution in [2.75, 3.05) is 0 Å². The second kappa shape index (κ2) is 7.00. The van der Waals surface area contributed by atoms with Gasteiger partial charge in [-0.25, -0.2) is 0 Å². The summed E-state index contributed by atoms with van der Waals surface area (Å²) in [7, 11) is 0. The van der Waals surface area contributed by atoms with Crippen LogP contribution in [0.4, 0.5) is 0 Å². The maximum atomic E-state index is 9.97. The van der Waals surface area contributed by atoms with Crippen LogP contribution in [-0.4, -0.2) is 6.29 Å². The third-order valence-electron chi connectivity index (χ3n) is 1.16. The van der Waals surface area contributed by atoms with Gasteiger partial charge < -0.3 is 4.79 Å². The van der Waals surface area contributed by atoms with Crippen molar-refractivity contribution in [1.82, 2.24) is 0 Å². The van der Waals surface area contributed by atoms with Crippen LogP contribution in [0, 0.1) is 0 Å². The molecule has 0 N–H and O–H groups in total. The highest BCUT2D eigenvalue weighted by Gasteiger charge is 1.84. The number of rotatable bonds is 2. The van der Waals surface area contributed by atoms with E-state index in [9.17, 15) is 4.79 Å². The topological polar surface area (TPSA) is 17.1 Å². The largest absolute Gasteiger partial charge is 0.303 e. The first kappa shape index (κ1) is 9.89. The molecule has 0 bridgehead atoms. The van der Waals surface area contributed by atoms with Crippen LogP contribution in [-0.2, 0) is 11.2 Å². The second-order valence-corrected chi connectivity index (χ2v) is 1.86. The van der Waals surface area contributed by atoms with E-state index >= 15 is 0 Å². The summed E-state index contributed by atoms with van der Waals surface area (Å²) in [5.41, 5.74) is 1.08. The number of carbonyl (C=O) groups is 1. The molecule has 1 heteroatoms. The van der Waals surface area contributed by atoms with Crippen LogP contribution < -0.4 is 0 Å². The summed E-state index contributed by atoms with van der Waals surface area (Å²) in [6, 6.07) is 9.68. The second-order valence-electron chi connectivity index (χ2n) is 1.86. The molecule has 11 heavy (non-hydrogen) atoms. The smallest absolute Gasteiger partial charge is 0.124 e. The zero-order chi connectivity index (χ0) is 8.53. The maximum Gasteiger partial charge on any atom is 0.124 e. The molecule has 0 aromatic heterocycles. The van der Waals surface area contributed by atoms with E-state index in [1.807, 2.05) is 44.2 Å². The molecule has 0 saturated heterocycles. The normalized spacial score (nSPS) is 7.82. The molecular weight excluding hydrogens is 136 g/mol. The predicted molar refractivity (Wildman–Crippen MR) is 47.6 cm³/mol. The third kappa shape index (κ3) is 4.31. The molecule has 0 unspecified atom stereocenters.